The van der Waals surface area contributed by atoms with E-state index in [1.165, 1.54) is 0 Å². The largest absolute Gasteiger partial charge is 0.481 e. The standard InChI is InChI=1S/C12H21NO4/c1-9(11(15)16)4-7-13-10(14)8-12(17-2)5-3-6-12/h9H,3-8H2,1-2H3,(H,13,14)(H,15,16). The molecule has 1 fully saturated rings. The van der Waals surface area contributed by atoms with Crippen molar-refractivity contribution in [2.45, 2.75) is 44.6 Å². The van der Waals surface area contributed by atoms with Crippen LogP contribution in [-0.2, 0) is 14.3 Å². The fraction of sp³-hybridized carbons (Fsp3) is 0.833. The molecule has 0 bridgehead atoms. The minimum Gasteiger partial charge on any atom is -0.481 e. The van der Waals surface area contributed by atoms with E-state index in [-0.39, 0.29) is 11.5 Å². The number of carbonyl (C=O) groups is 2. The lowest BCUT2D eigenvalue weighted by atomic mass is 9.77. The molecular formula is C12H21NO4. The van der Waals surface area contributed by atoms with E-state index < -0.39 is 11.9 Å². The van der Waals surface area contributed by atoms with Gasteiger partial charge in [0.15, 0.2) is 0 Å². The molecule has 0 radical (unpaired) electrons. The molecule has 1 aliphatic carbocycles. The highest BCUT2D eigenvalue weighted by atomic mass is 16.5. The summed E-state index contributed by atoms with van der Waals surface area (Å²) in [6, 6.07) is 0. The fourth-order valence-electron chi connectivity index (χ4n) is 1.93. The minimum atomic E-state index is -0.827. The summed E-state index contributed by atoms with van der Waals surface area (Å²) in [6.45, 7) is 2.04. The van der Waals surface area contributed by atoms with Gasteiger partial charge in [-0.15, -0.1) is 0 Å². The summed E-state index contributed by atoms with van der Waals surface area (Å²) in [4.78, 5) is 22.2. The molecule has 0 aromatic carbocycles. The zero-order chi connectivity index (χ0) is 12.9. The van der Waals surface area contributed by atoms with Crippen LogP contribution in [0.25, 0.3) is 0 Å². The average Bonchev–Trinajstić information content (AvgIpc) is 2.23. The van der Waals surface area contributed by atoms with E-state index in [2.05, 4.69) is 5.32 Å². The van der Waals surface area contributed by atoms with Crippen molar-refractivity contribution in [1.82, 2.24) is 5.32 Å². The van der Waals surface area contributed by atoms with Crippen molar-refractivity contribution in [2.24, 2.45) is 5.92 Å². The van der Waals surface area contributed by atoms with Crippen molar-refractivity contribution >= 4 is 11.9 Å². The molecule has 1 atom stereocenters. The first-order valence-corrected chi connectivity index (χ1v) is 6.04. The normalized spacial score (nSPS) is 19.2. The van der Waals surface area contributed by atoms with E-state index >= 15 is 0 Å². The first kappa shape index (κ1) is 14.0. The molecule has 1 aliphatic rings. The second kappa shape index (κ2) is 6.00. The number of hydrogen-bond donors (Lipinski definition) is 2. The van der Waals surface area contributed by atoms with Crippen LogP contribution in [0, 0.1) is 5.92 Å². The van der Waals surface area contributed by atoms with E-state index in [9.17, 15) is 9.59 Å². The lowest BCUT2D eigenvalue weighted by molar-refractivity contribution is -0.142. The lowest BCUT2D eigenvalue weighted by Crippen LogP contribution is -2.44. The number of nitrogens with one attached hydrogen (secondary N) is 1. The van der Waals surface area contributed by atoms with Gasteiger partial charge in [-0.1, -0.05) is 6.92 Å². The van der Waals surface area contributed by atoms with Crippen molar-refractivity contribution in [3.8, 4) is 0 Å². The van der Waals surface area contributed by atoms with Crippen molar-refractivity contribution in [3.63, 3.8) is 0 Å². The molecule has 0 aromatic heterocycles. The molecule has 0 aromatic rings. The third kappa shape index (κ3) is 4.00. The number of carboxylic acids is 1. The van der Waals surface area contributed by atoms with Crippen LogP contribution in [-0.4, -0.2) is 36.2 Å². The molecule has 5 heteroatoms. The second-order valence-corrected chi connectivity index (χ2v) is 4.80. The van der Waals surface area contributed by atoms with Gasteiger partial charge in [-0.05, 0) is 25.7 Å². The Balaban J connectivity index is 2.19. The molecule has 1 amide bonds. The van der Waals surface area contributed by atoms with Crippen LogP contribution in [0.3, 0.4) is 0 Å². The van der Waals surface area contributed by atoms with Gasteiger partial charge in [0.05, 0.1) is 17.9 Å². The maximum Gasteiger partial charge on any atom is 0.306 e. The number of aliphatic carboxylic acids is 1. The Labute approximate surface area is 102 Å². The molecule has 1 unspecified atom stereocenters. The van der Waals surface area contributed by atoms with Gasteiger partial charge in [0, 0.05) is 13.7 Å². The Morgan fingerprint density at radius 3 is 2.53 bits per heavy atom. The van der Waals surface area contributed by atoms with Crippen LogP contribution in [0.5, 0.6) is 0 Å². The molecule has 5 nitrogen and oxygen atoms in total. The topological polar surface area (TPSA) is 75.6 Å². The summed E-state index contributed by atoms with van der Waals surface area (Å²) in [5.41, 5.74) is -0.261. The predicted octanol–water partition coefficient (Wildman–Crippen LogP) is 1.17. The quantitative estimate of drug-likeness (QED) is 0.704. The first-order valence-electron chi connectivity index (χ1n) is 6.04. The van der Waals surface area contributed by atoms with Gasteiger partial charge in [0.2, 0.25) is 5.91 Å². The van der Waals surface area contributed by atoms with E-state index in [0.717, 1.165) is 19.3 Å². The molecule has 2 N–H and O–H groups in total. The van der Waals surface area contributed by atoms with Gasteiger partial charge < -0.3 is 15.2 Å². The number of methoxy groups -OCH3 is 1. The summed E-state index contributed by atoms with van der Waals surface area (Å²) >= 11 is 0. The Hall–Kier alpha value is -1.10. The number of rotatable bonds is 7. The molecule has 0 saturated heterocycles. The first-order chi connectivity index (χ1) is 7.99. The van der Waals surface area contributed by atoms with Crippen molar-refractivity contribution < 1.29 is 19.4 Å². The monoisotopic (exact) mass is 243 g/mol. The minimum absolute atomic E-state index is 0.0517. The Kier molecular flexibility index (Phi) is 4.93. The maximum absolute atomic E-state index is 11.6. The lowest BCUT2D eigenvalue weighted by Gasteiger charge is -2.39. The summed E-state index contributed by atoms with van der Waals surface area (Å²) in [5, 5.41) is 11.4. The summed E-state index contributed by atoms with van der Waals surface area (Å²) in [5.74, 6) is -1.30. The SMILES string of the molecule is COC1(CC(=O)NCCC(C)C(=O)O)CCC1. The summed E-state index contributed by atoms with van der Waals surface area (Å²) in [7, 11) is 1.64. The van der Waals surface area contributed by atoms with E-state index in [0.29, 0.717) is 19.4 Å². The average molecular weight is 243 g/mol. The van der Waals surface area contributed by atoms with E-state index in [1.54, 1.807) is 14.0 Å². The number of amides is 1. The van der Waals surface area contributed by atoms with Crippen molar-refractivity contribution in [2.75, 3.05) is 13.7 Å². The number of hydrogen-bond acceptors (Lipinski definition) is 3. The molecular weight excluding hydrogens is 222 g/mol. The van der Waals surface area contributed by atoms with Crippen LogP contribution in [0.15, 0.2) is 0 Å². The number of carboxylic acid groups (broad SMARTS) is 1. The van der Waals surface area contributed by atoms with E-state index in [4.69, 9.17) is 9.84 Å². The Morgan fingerprint density at radius 1 is 1.47 bits per heavy atom. The van der Waals surface area contributed by atoms with Gasteiger partial charge in [0.1, 0.15) is 0 Å². The van der Waals surface area contributed by atoms with Crippen molar-refractivity contribution in [1.29, 1.82) is 0 Å². The Bertz CT molecular complexity index is 281. The third-order valence-electron chi connectivity index (χ3n) is 3.50. The van der Waals surface area contributed by atoms with E-state index in [1.807, 2.05) is 0 Å². The molecule has 98 valence electrons. The van der Waals surface area contributed by atoms with Crippen LogP contribution in [0.2, 0.25) is 0 Å². The highest BCUT2D eigenvalue weighted by Crippen LogP contribution is 2.37. The van der Waals surface area contributed by atoms with Crippen LogP contribution < -0.4 is 5.32 Å². The van der Waals surface area contributed by atoms with Gasteiger partial charge in [-0.3, -0.25) is 9.59 Å². The molecule has 1 rings (SSSR count). The molecule has 1 saturated carbocycles. The molecule has 0 heterocycles. The van der Waals surface area contributed by atoms with Crippen LogP contribution in [0.4, 0.5) is 0 Å². The zero-order valence-electron chi connectivity index (χ0n) is 10.5. The number of ether oxygens (including phenoxy) is 1. The van der Waals surface area contributed by atoms with Gasteiger partial charge >= 0.3 is 5.97 Å². The summed E-state index contributed by atoms with van der Waals surface area (Å²) < 4.78 is 5.36. The van der Waals surface area contributed by atoms with Crippen molar-refractivity contribution in [3.05, 3.63) is 0 Å². The summed E-state index contributed by atoms with van der Waals surface area (Å²) in [6.07, 6.45) is 3.81. The highest BCUT2D eigenvalue weighted by molar-refractivity contribution is 5.77. The Morgan fingerprint density at radius 2 is 2.12 bits per heavy atom. The number of carbonyl (C=O) groups excluding carboxylic acids is 1. The fourth-order valence-corrected chi connectivity index (χ4v) is 1.93. The smallest absolute Gasteiger partial charge is 0.306 e. The zero-order valence-corrected chi connectivity index (χ0v) is 10.5. The third-order valence-corrected chi connectivity index (χ3v) is 3.50. The maximum atomic E-state index is 11.6. The second-order valence-electron chi connectivity index (χ2n) is 4.80. The molecule has 0 spiro atoms. The van der Waals surface area contributed by atoms with Gasteiger partial charge in [0.25, 0.3) is 0 Å². The predicted molar refractivity (Wildman–Crippen MR) is 62.6 cm³/mol. The molecule has 0 aliphatic heterocycles. The van der Waals surface area contributed by atoms with Crippen LogP contribution in [0.1, 0.15) is 39.0 Å². The van der Waals surface area contributed by atoms with Gasteiger partial charge in [-0.25, -0.2) is 0 Å². The van der Waals surface area contributed by atoms with Crippen LogP contribution >= 0.6 is 0 Å². The highest BCUT2D eigenvalue weighted by Gasteiger charge is 2.38. The molecule has 17 heavy (non-hydrogen) atoms. The van der Waals surface area contributed by atoms with Gasteiger partial charge in [-0.2, -0.15) is 0 Å².